The summed E-state index contributed by atoms with van der Waals surface area (Å²) in [6.45, 7) is 2.31. The molecule has 1 aliphatic rings. The van der Waals surface area contributed by atoms with Gasteiger partial charge in [0, 0.05) is 42.4 Å². The van der Waals surface area contributed by atoms with Crippen LogP contribution in [-0.2, 0) is 4.79 Å². The number of thiophene rings is 1. The normalized spacial score (nSPS) is 18.9. The van der Waals surface area contributed by atoms with Crippen molar-refractivity contribution in [1.29, 1.82) is 0 Å². The van der Waals surface area contributed by atoms with Gasteiger partial charge in [-0.05, 0) is 61.0 Å². The SMILES string of the molecule is COc1ccc2nccc(C(=O)CC[C@H]3CCN(CCSc4cccs4)C[C@H]3C(=O)O)c2c1. The highest BCUT2D eigenvalue weighted by Gasteiger charge is 2.34. The molecule has 1 N–H and O–H groups in total. The maximum absolute atomic E-state index is 13.1. The van der Waals surface area contributed by atoms with Crippen molar-refractivity contribution in [3.63, 3.8) is 0 Å². The van der Waals surface area contributed by atoms with Crippen LogP contribution in [0, 0.1) is 11.8 Å². The molecule has 0 amide bonds. The zero-order valence-corrected chi connectivity index (χ0v) is 20.2. The molecule has 1 aliphatic heterocycles. The quantitative estimate of drug-likeness (QED) is 0.317. The number of carbonyl (C=O) groups is 2. The van der Waals surface area contributed by atoms with Crippen LogP contribution in [0.2, 0.25) is 0 Å². The summed E-state index contributed by atoms with van der Waals surface area (Å²) in [7, 11) is 1.60. The Hall–Kier alpha value is -2.42. The van der Waals surface area contributed by atoms with Gasteiger partial charge in [0.1, 0.15) is 5.75 Å². The number of carbonyl (C=O) groups excluding carboxylic acids is 1. The molecule has 0 saturated carbocycles. The first-order valence-corrected chi connectivity index (χ1v) is 13.0. The summed E-state index contributed by atoms with van der Waals surface area (Å²) < 4.78 is 6.59. The van der Waals surface area contributed by atoms with E-state index in [2.05, 4.69) is 21.3 Å². The fourth-order valence-corrected chi connectivity index (χ4v) is 6.33. The number of Topliss-reactive ketones (excluding diaryl/α,β-unsaturated/α-hetero) is 1. The van der Waals surface area contributed by atoms with Gasteiger partial charge in [-0.3, -0.25) is 14.6 Å². The number of thioether (sulfide) groups is 1. The van der Waals surface area contributed by atoms with E-state index in [0.29, 0.717) is 30.7 Å². The number of ether oxygens (including phenoxy) is 1. The molecule has 4 rings (SSSR count). The van der Waals surface area contributed by atoms with Gasteiger partial charge in [0.25, 0.3) is 0 Å². The van der Waals surface area contributed by atoms with Crippen LogP contribution in [0.15, 0.2) is 52.2 Å². The largest absolute Gasteiger partial charge is 0.497 e. The zero-order valence-electron chi connectivity index (χ0n) is 18.6. The molecule has 0 aliphatic carbocycles. The van der Waals surface area contributed by atoms with E-state index >= 15 is 0 Å². The Bertz CT molecular complexity index is 1100. The van der Waals surface area contributed by atoms with Crippen LogP contribution in [0.25, 0.3) is 10.9 Å². The number of pyridine rings is 1. The lowest BCUT2D eigenvalue weighted by Gasteiger charge is -2.36. The lowest BCUT2D eigenvalue weighted by Crippen LogP contribution is -2.44. The van der Waals surface area contributed by atoms with E-state index in [4.69, 9.17) is 4.74 Å². The second kappa shape index (κ2) is 11.1. The number of fused-ring (bicyclic) bond motifs is 1. The minimum absolute atomic E-state index is 0.00952. The predicted molar refractivity (Wildman–Crippen MR) is 133 cm³/mol. The molecular weight excluding hydrogens is 456 g/mol. The van der Waals surface area contributed by atoms with E-state index in [0.717, 1.165) is 36.2 Å². The van der Waals surface area contributed by atoms with E-state index < -0.39 is 11.9 Å². The van der Waals surface area contributed by atoms with Gasteiger partial charge >= 0.3 is 5.97 Å². The van der Waals surface area contributed by atoms with Crippen molar-refractivity contribution in [3.8, 4) is 5.75 Å². The number of aromatic nitrogens is 1. The summed E-state index contributed by atoms with van der Waals surface area (Å²) in [5.74, 6) is 0.467. The molecule has 6 nitrogen and oxygen atoms in total. The van der Waals surface area contributed by atoms with Gasteiger partial charge in [-0.1, -0.05) is 6.07 Å². The van der Waals surface area contributed by atoms with Gasteiger partial charge in [0.05, 0.1) is 22.8 Å². The maximum atomic E-state index is 13.1. The summed E-state index contributed by atoms with van der Waals surface area (Å²) in [5, 5.41) is 12.7. The minimum Gasteiger partial charge on any atom is -0.497 e. The van der Waals surface area contributed by atoms with Crippen molar-refractivity contribution < 1.29 is 19.4 Å². The maximum Gasteiger partial charge on any atom is 0.308 e. The zero-order chi connectivity index (χ0) is 23.2. The molecule has 1 saturated heterocycles. The van der Waals surface area contributed by atoms with Crippen molar-refractivity contribution in [1.82, 2.24) is 9.88 Å². The summed E-state index contributed by atoms with van der Waals surface area (Å²) in [6, 6.07) is 11.4. The molecule has 0 radical (unpaired) electrons. The van der Waals surface area contributed by atoms with Crippen LogP contribution in [-0.4, -0.2) is 59.2 Å². The third-order valence-electron chi connectivity index (χ3n) is 6.30. The molecule has 1 fully saturated rings. The summed E-state index contributed by atoms with van der Waals surface area (Å²) in [5.41, 5.74) is 1.37. The first-order chi connectivity index (χ1) is 16.0. The van der Waals surface area contributed by atoms with E-state index in [9.17, 15) is 14.7 Å². The Morgan fingerprint density at radius 3 is 2.94 bits per heavy atom. The highest BCUT2D eigenvalue weighted by molar-refractivity contribution is 8.01. The number of hydrogen-bond donors (Lipinski definition) is 1. The number of hydrogen-bond acceptors (Lipinski definition) is 7. The van der Waals surface area contributed by atoms with Crippen LogP contribution < -0.4 is 4.74 Å². The summed E-state index contributed by atoms with van der Waals surface area (Å²) >= 11 is 3.55. The average Bonchev–Trinajstić information content (AvgIpc) is 3.35. The third kappa shape index (κ3) is 5.93. The van der Waals surface area contributed by atoms with Crippen molar-refractivity contribution in [3.05, 3.63) is 53.5 Å². The second-order valence-electron chi connectivity index (χ2n) is 8.28. The Kier molecular flexibility index (Phi) is 8.01. The number of carboxylic acids is 1. The second-order valence-corrected chi connectivity index (χ2v) is 10.6. The van der Waals surface area contributed by atoms with Crippen molar-refractivity contribution in [2.45, 2.75) is 23.5 Å². The fraction of sp³-hybridized carbons (Fsp3) is 0.400. The van der Waals surface area contributed by atoms with Gasteiger partial charge < -0.3 is 14.7 Å². The molecule has 2 aromatic heterocycles. The standard InChI is InChI=1S/C25H28N2O4S2/c1-31-18-5-6-22-20(15-18)19(8-10-26-22)23(28)7-4-17-9-11-27(16-21(17)25(29)30)12-14-33-24-3-2-13-32-24/h2-3,5-6,8,10,13,15,17,21H,4,7,9,11-12,14,16H2,1H3,(H,29,30)/t17-,21+/m0/s1. The van der Waals surface area contributed by atoms with E-state index in [1.165, 1.54) is 4.21 Å². The monoisotopic (exact) mass is 484 g/mol. The minimum atomic E-state index is -0.762. The number of benzene rings is 1. The van der Waals surface area contributed by atoms with Crippen LogP contribution in [0.3, 0.4) is 0 Å². The number of rotatable bonds is 10. The van der Waals surface area contributed by atoms with E-state index in [1.807, 2.05) is 36.0 Å². The smallest absolute Gasteiger partial charge is 0.308 e. The van der Waals surface area contributed by atoms with Gasteiger partial charge in [-0.2, -0.15) is 0 Å². The van der Waals surface area contributed by atoms with E-state index in [1.54, 1.807) is 30.7 Å². The van der Waals surface area contributed by atoms with Crippen LogP contribution in [0.5, 0.6) is 5.75 Å². The van der Waals surface area contributed by atoms with Crippen LogP contribution >= 0.6 is 23.1 Å². The number of methoxy groups -OCH3 is 1. The van der Waals surface area contributed by atoms with Crippen molar-refractivity contribution in [2.75, 3.05) is 32.5 Å². The predicted octanol–water partition coefficient (Wildman–Crippen LogP) is 5.08. The molecule has 2 atom stereocenters. The number of ketones is 1. The van der Waals surface area contributed by atoms with Crippen molar-refractivity contribution >= 4 is 45.8 Å². The molecule has 3 aromatic rings. The molecule has 0 spiro atoms. The summed E-state index contributed by atoms with van der Waals surface area (Å²) in [6.07, 6.45) is 3.37. The lowest BCUT2D eigenvalue weighted by atomic mass is 9.81. The highest BCUT2D eigenvalue weighted by atomic mass is 32.2. The molecular formula is C25H28N2O4S2. The van der Waals surface area contributed by atoms with Gasteiger partial charge in [0.2, 0.25) is 0 Å². The Labute approximate surface area is 202 Å². The van der Waals surface area contributed by atoms with Crippen LogP contribution in [0.4, 0.5) is 0 Å². The highest BCUT2D eigenvalue weighted by Crippen LogP contribution is 2.31. The first kappa shape index (κ1) is 23.7. The Morgan fingerprint density at radius 2 is 2.18 bits per heavy atom. The molecule has 33 heavy (non-hydrogen) atoms. The molecule has 174 valence electrons. The Morgan fingerprint density at radius 1 is 1.30 bits per heavy atom. The lowest BCUT2D eigenvalue weighted by molar-refractivity contribution is -0.146. The third-order valence-corrected chi connectivity index (χ3v) is 8.41. The molecule has 8 heteroatoms. The van der Waals surface area contributed by atoms with E-state index in [-0.39, 0.29) is 11.7 Å². The Balaban J connectivity index is 1.35. The average molecular weight is 485 g/mol. The molecule has 1 aromatic carbocycles. The van der Waals surface area contributed by atoms with Gasteiger partial charge in [0.15, 0.2) is 5.78 Å². The number of aliphatic carboxylic acids is 1. The van der Waals surface area contributed by atoms with Crippen molar-refractivity contribution in [2.24, 2.45) is 11.8 Å². The van der Waals surface area contributed by atoms with Gasteiger partial charge in [-0.15, -0.1) is 23.1 Å². The van der Waals surface area contributed by atoms with Crippen LogP contribution in [0.1, 0.15) is 29.6 Å². The number of piperidine rings is 1. The summed E-state index contributed by atoms with van der Waals surface area (Å²) in [4.78, 5) is 31.7. The number of likely N-dealkylation sites (tertiary alicyclic amines) is 1. The molecule has 0 bridgehead atoms. The number of nitrogens with zero attached hydrogens (tertiary/aromatic N) is 2. The number of carboxylic acid groups (broad SMARTS) is 1. The first-order valence-electron chi connectivity index (χ1n) is 11.1. The molecule has 3 heterocycles. The van der Waals surface area contributed by atoms with Gasteiger partial charge in [-0.25, -0.2) is 0 Å². The topological polar surface area (TPSA) is 79.7 Å². The molecule has 0 unspecified atom stereocenters. The fourth-order valence-electron chi connectivity index (χ4n) is 4.46.